The Hall–Kier alpha value is -4.05. The summed E-state index contributed by atoms with van der Waals surface area (Å²) in [4.78, 5) is 38.7. The Bertz CT molecular complexity index is 1110. The van der Waals surface area contributed by atoms with Crippen LogP contribution in [-0.2, 0) is 9.59 Å². The van der Waals surface area contributed by atoms with Crippen molar-refractivity contribution in [3.63, 3.8) is 0 Å². The van der Waals surface area contributed by atoms with Crippen LogP contribution >= 0.6 is 0 Å². The predicted octanol–water partition coefficient (Wildman–Crippen LogP) is 2.99. The van der Waals surface area contributed by atoms with Crippen LogP contribution in [-0.4, -0.2) is 31.6 Å². The number of aryl methyl sites for hydroxylation is 2. The molecule has 4 amide bonds. The molecule has 0 radical (unpaired) electrons. The maximum absolute atomic E-state index is 13.0. The van der Waals surface area contributed by atoms with Crippen LogP contribution in [0.25, 0.3) is 6.08 Å². The molecule has 1 heterocycles. The van der Waals surface area contributed by atoms with Gasteiger partial charge in [0.2, 0.25) is 0 Å². The number of nitrogens with zero attached hydrogens (tertiary/aromatic N) is 1. The number of hydrogen-bond donors (Lipinski definition) is 1. The van der Waals surface area contributed by atoms with Crippen molar-refractivity contribution in [2.24, 2.45) is 0 Å². The van der Waals surface area contributed by atoms with E-state index in [0.717, 1.165) is 16.0 Å². The molecule has 30 heavy (non-hydrogen) atoms. The van der Waals surface area contributed by atoms with Gasteiger partial charge in [-0.2, -0.15) is 0 Å². The molecule has 2 aromatic rings. The van der Waals surface area contributed by atoms with Gasteiger partial charge in [0.15, 0.2) is 11.5 Å². The van der Waals surface area contributed by atoms with E-state index in [2.05, 4.69) is 11.2 Å². The van der Waals surface area contributed by atoms with Gasteiger partial charge in [-0.05, 0) is 60.9 Å². The van der Waals surface area contributed by atoms with Crippen molar-refractivity contribution in [3.05, 3.63) is 58.7 Å². The molecule has 1 aliphatic heterocycles. The van der Waals surface area contributed by atoms with Gasteiger partial charge in [0.25, 0.3) is 11.8 Å². The third-order valence-corrected chi connectivity index (χ3v) is 4.66. The number of urea groups is 1. The molecule has 1 saturated heterocycles. The lowest BCUT2D eigenvalue weighted by Gasteiger charge is -2.26. The summed E-state index contributed by atoms with van der Waals surface area (Å²) in [5.41, 5.74) is 2.67. The number of barbiturate groups is 1. The highest BCUT2D eigenvalue weighted by Crippen LogP contribution is 2.30. The van der Waals surface area contributed by atoms with Crippen LogP contribution in [0.15, 0.2) is 42.0 Å². The van der Waals surface area contributed by atoms with Gasteiger partial charge in [0.1, 0.15) is 12.2 Å². The molecule has 3 rings (SSSR count). The molecular formula is C23H20N2O5. The second-order valence-electron chi connectivity index (χ2n) is 6.63. The summed E-state index contributed by atoms with van der Waals surface area (Å²) in [6.07, 6.45) is 6.60. The number of amides is 4. The fourth-order valence-electron chi connectivity index (χ4n) is 2.94. The zero-order valence-electron chi connectivity index (χ0n) is 16.8. The number of ether oxygens (including phenoxy) is 2. The quantitative estimate of drug-likeness (QED) is 0.471. The highest BCUT2D eigenvalue weighted by Gasteiger charge is 2.36. The fourth-order valence-corrected chi connectivity index (χ4v) is 2.94. The second kappa shape index (κ2) is 8.53. The Labute approximate surface area is 174 Å². The summed E-state index contributed by atoms with van der Waals surface area (Å²) >= 11 is 0. The molecule has 0 aromatic heterocycles. The standard InChI is InChI=1S/C23H20N2O5/c1-5-10-30-19-9-7-16(13-20(19)29-4)12-18-21(26)24-23(28)25(22(18)27)17-8-6-14(2)15(3)11-17/h1,6-9,11-13H,10H2,2-4H3,(H,24,26,28)/b18-12+. The fraction of sp³-hybridized carbons (Fsp3) is 0.174. The zero-order valence-corrected chi connectivity index (χ0v) is 16.8. The zero-order chi connectivity index (χ0) is 21.8. The molecule has 0 spiro atoms. The van der Waals surface area contributed by atoms with Crippen molar-refractivity contribution in [2.75, 3.05) is 18.6 Å². The van der Waals surface area contributed by atoms with Gasteiger partial charge in [0, 0.05) is 0 Å². The first kappa shape index (κ1) is 20.7. The largest absolute Gasteiger partial charge is 0.493 e. The molecule has 1 aliphatic rings. The lowest BCUT2D eigenvalue weighted by molar-refractivity contribution is -0.122. The molecule has 1 fully saturated rings. The van der Waals surface area contributed by atoms with Gasteiger partial charge >= 0.3 is 6.03 Å². The third-order valence-electron chi connectivity index (χ3n) is 4.66. The summed E-state index contributed by atoms with van der Waals surface area (Å²) in [5, 5.41) is 2.21. The molecule has 7 nitrogen and oxygen atoms in total. The number of benzene rings is 2. The Balaban J connectivity index is 1.98. The minimum Gasteiger partial charge on any atom is -0.493 e. The molecule has 0 saturated carbocycles. The molecule has 0 aliphatic carbocycles. The van der Waals surface area contributed by atoms with E-state index in [9.17, 15) is 14.4 Å². The van der Waals surface area contributed by atoms with E-state index in [1.165, 1.54) is 13.2 Å². The van der Waals surface area contributed by atoms with E-state index in [0.29, 0.717) is 22.7 Å². The van der Waals surface area contributed by atoms with E-state index >= 15 is 0 Å². The molecule has 2 aromatic carbocycles. The average Bonchev–Trinajstić information content (AvgIpc) is 2.72. The van der Waals surface area contributed by atoms with E-state index in [4.69, 9.17) is 15.9 Å². The highest BCUT2D eigenvalue weighted by atomic mass is 16.5. The van der Waals surface area contributed by atoms with Crippen LogP contribution in [0.2, 0.25) is 0 Å². The van der Waals surface area contributed by atoms with E-state index < -0.39 is 17.8 Å². The second-order valence-corrected chi connectivity index (χ2v) is 6.63. The Kier molecular flexibility index (Phi) is 5.88. The summed E-state index contributed by atoms with van der Waals surface area (Å²) in [5.74, 6) is 1.72. The lowest BCUT2D eigenvalue weighted by atomic mass is 10.0. The normalized spacial score (nSPS) is 15.1. The minimum absolute atomic E-state index is 0.0741. The Morgan fingerprint density at radius 3 is 2.50 bits per heavy atom. The molecule has 0 bridgehead atoms. The number of imide groups is 2. The van der Waals surface area contributed by atoms with Gasteiger partial charge in [0.05, 0.1) is 12.8 Å². The number of carbonyl (C=O) groups is 3. The topological polar surface area (TPSA) is 84.9 Å². The number of rotatable bonds is 5. The maximum Gasteiger partial charge on any atom is 0.335 e. The number of anilines is 1. The number of nitrogens with one attached hydrogen (secondary N) is 1. The van der Waals surface area contributed by atoms with Crippen molar-refractivity contribution >= 4 is 29.6 Å². The first-order valence-corrected chi connectivity index (χ1v) is 9.08. The summed E-state index contributed by atoms with van der Waals surface area (Å²) in [6.45, 7) is 3.88. The van der Waals surface area contributed by atoms with Crippen LogP contribution in [0.3, 0.4) is 0 Å². The van der Waals surface area contributed by atoms with E-state index in [1.807, 2.05) is 19.9 Å². The summed E-state index contributed by atoms with van der Waals surface area (Å²) in [7, 11) is 1.47. The molecule has 152 valence electrons. The first-order chi connectivity index (χ1) is 14.3. The Morgan fingerprint density at radius 1 is 1.07 bits per heavy atom. The van der Waals surface area contributed by atoms with Crippen LogP contribution < -0.4 is 19.7 Å². The third kappa shape index (κ3) is 4.03. The van der Waals surface area contributed by atoms with Crippen molar-refractivity contribution in [1.82, 2.24) is 5.32 Å². The maximum atomic E-state index is 13.0. The van der Waals surface area contributed by atoms with Crippen LogP contribution in [0.1, 0.15) is 16.7 Å². The van der Waals surface area contributed by atoms with Crippen molar-refractivity contribution in [2.45, 2.75) is 13.8 Å². The summed E-state index contributed by atoms with van der Waals surface area (Å²) in [6, 6.07) is 9.29. The van der Waals surface area contributed by atoms with Crippen LogP contribution in [0, 0.1) is 26.2 Å². The average molecular weight is 404 g/mol. The van der Waals surface area contributed by atoms with Crippen LogP contribution in [0.4, 0.5) is 10.5 Å². The van der Waals surface area contributed by atoms with Gasteiger partial charge in [-0.3, -0.25) is 14.9 Å². The minimum atomic E-state index is -0.791. The molecule has 1 N–H and O–H groups in total. The summed E-state index contributed by atoms with van der Waals surface area (Å²) < 4.78 is 10.7. The SMILES string of the molecule is C#CCOc1ccc(/C=C2\C(=O)NC(=O)N(c3ccc(C)c(C)c3)C2=O)cc1OC. The molecule has 0 atom stereocenters. The van der Waals surface area contributed by atoms with Gasteiger partial charge < -0.3 is 9.47 Å². The molecule has 7 heteroatoms. The monoisotopic (exact) mass is 404 g/mol. The van der Waals surface area contributed by atoms with Crippen molar-refractivity contribution < 1.29 is 23.9 Å². The van der Waals surface area contributed by atoms with Gasteiger partial charge in [-0.15, -0.1) is 6.42 Å². The predicted molar refractivity (Wildman–Crippen MR) is 112 cm³/mol. The smallest absolute Gasteiger partial charge is 0.335 e. The number of carbonyl (C=O) groups excluding carboxylic acids is 3. The van der Waals surface area contributed by atoms with Gasteiger partial charge in [-0.1, -0.05) is 18.1 Å². The first-order valence-electron chi connectivity index (χ1n) is 9.08. The number of methoxy groups -OCH3 is 1. The van der Waals surface area contributed by atoms with Gasteiger partial charge in [-0.25, -0.2) is 9.69 Å². The van der Waals surface area contributed by atoms with E-state index in [-0.39, 0.29) is 12.2 Å². The molecule has 0 unspecified atom stereocenters. The number of hydrogen-bond acceptors (Lipinski definition) is 5. The van der Waals surface area contributed by atoms with Crippen molar-refractivity contribution in [3.8, 4) is 23.8 Å². The van der Waals surface area contributed by atoms with Crippen LogP contribution in [0.5, 0.6) is 11.5 Å². The number of terminal acetylenes is 1. The van der Waals surface area contributed by atoms with E-state index in [1.54, 1.807) is 30.3 Å². The highest BCUT2D eigenvalue weighted by molar-refractivity contribution is 6.39. The Morgan fingerprint density at radius 2 is 1.83 bits per heavy atom. The van der Waals surface area contributed by atoms with Crippen molar-refractivity contribution in [1.29, 1.82) is 0 Å². The molecular weight excluding hydrogens is 384 g/mol. The lowest BCUT2D eigenvalue weighted by Crippen LogP contribution is -2.54.